The highest BCUT2D eigenvalue weighted by Gasteiger charge is 2.40. The SMILES string of the molecule is COC(=O)c1ccc2c(c1)C(=O)N(c1cc(C(F)(F)F)ccc1Cl)C2=O. The van der Waals surface area contributed by atoms with Crippen LogP contribution in [0.3, 0.4) is 0 Å². The van der Waals surface area contributed by atoms with Gasteiger partial charge in [-0.05, 0) is 36.4 Å². The second-order valence-corrected chi connectivity index (χ2v) is 5.77. The predicted molar refractivity (Wildman–Crippen MR) is 85.4 cm³/mol. The molecular formula is C17H9ClF3NO4. The fourth-order valence-electron chi connectivity index (χ4n) is 2.56. The molecule has 134 valence electrons. The van der Waals surface area contributed by atoms with Crippen molar-refractivity contribution in [2.45, 2.75) is 6.18 Å². The summed E-state index contributed by atoms with van der Waals surface area (Å²) >= 11 is 5.92. The van der Waals surface area contributed by atoms with Crippen LogP contribution in [0.2, 0.25) is 5.02 Å². The van der Waals surface area contributed by atoms with Gasteiger partial charge in [-0.15, -0.1) is 0 Å². The van der Waals surface area contributed by atoms with Gasteiger partial charge in [0, 0.05) is 0 Å². The molecule has 9 heteroatoms. The number of carbonyl (C=O) groups excluding carboxylic acids is 3. The molecular weight excluding hydrogens is 375 g/mol. The minimum Gasteiger partial charge on any atom is -0.465 e. The van der Waals surface area contributed by atoms with Crippen molar-refractivity contribution in [2.75, 3.05) is 12.0 Å². The van der Waals surface area contributed by atoms with Crippen LogP contribution >= 0.6 is 11.6 Å². The van der Waals surface area contributed by atoms with E-state index in [9.17, 15) is 27.6 Å². The number of imide groups is 1. The molecule has 0 unspecified atom stereocenters. The van der Waals surface area contributed by atoms with Gasteiger partial charge >= 0.3 is 12.1 Å². The number of methoxy groups -OCH3 is 1. The third-order valence-electron chi connectivity index (χ3n) is 3.82. The number of rotatable bonds is 2. The van der Waals surface area contributed by atoms with E-state index in [-0.39, 0.29) is 27.4 Å². The first kappa shape index (κ1) is 17.9. The van der Waals surface area contributed by atoms with Gasteiger partial charge in [-0.3, -0.25) is 9.59 Å². The molecule has 0 radical (unpaired) electrons. The number of ether oxygens (including phenoxy) is 1. The Morgan fingerprint density at radius 1 is 1.04 bits per heavy atom. The molecule has 26 heavy (non-hydrogen) atoms. The number of benzene rings is 2. The lowest BCUT2D eigenvalue weighted by atomic mass is 10.1. The van der Waals surface area contributed by atoms with Gasteiger partial charge in [-0.2, -0.15) is 13.2 Å². The largest absolute Gasteiger partial charge is 0.465 e. The molecule has 2 amide bonds. The second-order valence-electron chi connectivity index (χ2n) is 5.36. The van der Waals surface area contributed by atoms with Gasteiger partial charge in [-0.1, -0.05) is 11.6 Å². The lowest BCUT2D eigenvalue weighted by Gasteiger charge is -2.17. The summed E-state index contributed by atoms with van der Waals surface area (Å²) in [7, 11) is 1.15. The zero-order valence-electron chi connectivity index (χ0n) is 13.1. The van der Waals surface area contributed by atoms with E-state index >= 15 is 0 Å². The lowest BCUT2D eigenvalue weighted by Crippen LogP contribution is -2.30. The monoisotopic (exact) mass is 383 g/mol. The number of halogens is 4. The Morgan fingerprint density at radius 3 is 2.31 bits per heavy atom. The Hall–Kier alpha value is -2.87. The number of amides is 2. The van der Waals surface area contributed by atoms with E-state index in [0.29, 0.717) is 11.0 Å². The van der Waals surface area contributed by atoms with E-state index in [0.717, 1.165) is 25.3 Å². The Morgan fingerprint density at radius 2 is 1.69 bits per heavy atom. The number of esters is 1. The van der Waals surface area contributed by atoms with Crippen molar-refractivity contribution in [1.82, 2.24) is 0 Å². The van der Waals surface area contributed by atoms with E-state index in [1.54, 1.807) is 0 Å². The molecule has 0 atom stereocenters. The molecule has 0 N–H and O–H groups in total. The number of nitrogens with zero attached hydrogens (tertiary/aromatic N) is 1. The molecule has 0 aliphatic carbocycles. The van der Waals surface area contributed by atoms with Crippen molar-refractivity contribution < 1.29 is 32.3 Å². The molecule has 1 aliphatic rings. The maximum absolute atomic E-state index is 12.9. The molecule has 0 fully saturated rings. The summed E-state index contributed by atoms with van der Waals surface area (Å²) in [6.45, 7) is 0. The molecule has 0 saturated heterocycles. The van der Waals surface area contributed by atoms with Crippen molar-refractivity contribution in [2.24, 2.45) is 0 Å². The molecule has 0 saturated carbocycles. The zero-order chi connectivity index (χ0) is 19.2. The van der Waals surface area contributed by atoms with Gasteiger partial charge in [0.25, 0.3) is 11.8 Å². The van der Waals surface area contributed by atoms with E-state index < -0.39 is 29.5 Å². The van der Waals surface area contributed by atoms with Gasteiger partial charge < -0.3 is 4.74 Å². The van der Waals surface area contributed by atoms with Gasteiger partial charge in [0.15, 0.2) is 0 Å². The van der Waals surface area contributed by atoms with Gasteiger partial charge in [0.2, 0.25) is 0 Å². The third kappa shape index (κ3) is 2.82. The summed E-state index contributed by atoms with van der Waals surface area (Å²) < 4.78 is 43.4. The first-order valence-corrected chi connectivity index (χ1v) is 7.51. The molecule has 5 nitrogen and oxygen atoms in total. The molecule has 2 aromatic rings. The van der Waals surface area contributed by atoms with Crippen molar-refractivity contribution in [1.29, 1.82) is 0 Å². The average Bonchev–Trinajstić information content (AvgIpc) is 2.84. The first-order valence-electron chi connectivity index (χ1n) is 7.13. The van der Waals surface area contributed by atoms with Crippen molar-refractivity contribution in [3.05, 3.63) is 63.7 Å². The number of carbonyl (C=O) groups is 3. The third-order valence-corrected chi connectivity index (χ3v) is 4.14. The summed E-state index contributed by atoms with van der Waals surface area (Å²) in [5.41, 5.74) is -1.57. The van der Waals surface area contributed by atoms with Gasteiger partial charge in [0.1, 0.15) is 0 Å². The summed E-state index contributed by atoms with van der Waals surface area (Å²) in [5.74, 6) is -2.43. The topological polar surface area (TPSA) is 63.7 Å². The second kappa shape index (κ2) is 6.14. The number of alkyl halides is 3. The van der Waals surface area contributed by atoms with E-state index in [4.69, 9.17) is 11.6 Å². The highest BCUT2D eigenvalue weighted by Crippen LogP contribution is 2.38. The van der Waals surface area contributed by atoms with Crippen LogP contribution in [0.4, 0.5) is 18.9 Å². The Balaban J connectivity index is 2.10. The normalized spacial score (nSPS) is 13.8. The number of fused-ring (bicyclic) bond motifs is 1. The van der Waals surface area contributed by atoms with Crippen LogP contribution < -0.4 is 4.90 Å². The average molecular weight is 384 g/mol. The van der Waals surface area contributed by atoms with Crippen LogP contribution in [-0.2, 0) is 10.9 Å². The Labute approximate surface area is 149 Å². The standard InChI is InChI=1S/C17H9ClF3NO4/c1-26-16(25)8-2-4-10-11(6-8)15(24)22(14(10)23)13-7-9(17(19,20)21)3-5-12(13)18/h2-7H,1H3. The molecule has 0 spiro atoms. The number of hydrogen-bond acceptors (Lipinski definition) is 4. The highest BCUT2D eigenvalue weighted by molar-refractivity contribution is 6.40. The van der Waals surface area contributed by atoms with Gasteiger partial charge in [-0.25, -0.2) is 9.69 Å². The fraction of sp³-hybridized carbons (Fsp3) is 0.118. The van der Waals surface area contributed by atoms with Crippen LogP contribution in [0.15, 0.2) is 36.4 Å². The minimum atomic E-state index is -4.67. The zero-order valence-corrected chi connectivity index (χ0v) is 13.8. The smallest absolute Gasteiger partial charge is 0.416 e. The lowest BCUT2D eigenvalue weighted by molar-refractivity contribution is -0.137. The van der Waals surface area contributed by atoms with E-state index in [1.165, 1.54) is 12.1 Å². The molecule has 3 rings (SSSR count). The van der Waals surface area contributed by atoms with Crippen LogP contribution in [0.5, 0.6) is 0 Å². The number of hydrogen-bond donors (Lipinski definition) is 0. The highest BCUT2D eigenvalue weighted by atomic mass is 35.5. The van der Waals surface area contributed by atoms with Gasteiger partial charge in [0.05, 0.1) is 40.1 Å². The van der Waals surface area contributed by atoms with Crippen LogP contribution in [0, 0.1) is 0 Å². The number of anilines is 1. The summed E-state index contributed by atoms with van der Waals surface area (Å²) in [6.07, 6.45) is -4.67. The molecule has 1 heterocycles. The maximum atomic E-state index is 12.9. The Kier molecular flexibility index (Phi) is 4.23. The Bertz CT molecular complexity index is 956. The van der Waals surface area contributed by atoms with Crippen LogP contribution in [-0.4, -0.2) is 24.9 Å². The summed E-state index contributed by atoms with van der Waals surface area (Å²) in [6, 6.07) is 6.02. The van der Waals surface area contributed by atoms with E-state index in [1.807, 2.05) is 0 Å². The van der Waals surface area contributed by atoms with Crippen LogP contribution in [0.1, 0.15) is 36.6 Å². The summed E-state index contributed by atoms with van der Waals surface area (Å²) in [4.78, 5) is 37.3. The summed E-state index contributed by atoms with van der Waals surface area (Å²) in [5, 5.41) is -0.194. The molecule has 0 aromatic heterocycles. The quantitative estimate of drug-likeness (QED) is 0.582. The van der Waals surface area contributed by atoms with Crippen LogP contribution in [0.25, 0.3) is 0 Å². The van der Waals surface area contributed by atoms with Crippen molar-refractivity contribution in [3.8, 4) is 0 Å². The molecule has 0 bridgehead atoms. The van der Waals surface area contributed by atoms with Crippen molar-refractivity contribution >= 4 is 35.1 Å². The predicted octanol–water partition coefficient (Wildman–Crippen LogP) is 3.95. The maximum Gasteiger partial charge on any atom is 0.416 e. The first-order chi connectivity index (χ1) is 12.1. The fourth-order valence-corrected chi connectivity index (χ4v) is 2.77. The molecule has 2 aromatic carbocycles. The van der Waals surface area contributed by atoms with Crippen molar-refractivity contribution in [3.63, 3.8) is 0 Å². The minimum absolute atomic E-state index is 0.0318. The van der Waals surface area contributed by atoms with E-state index in [2.05, 4.69) is 4.74 Å². The molecule has 1 aliphatic heterocycles.